The molecule has 1 atom stereocenters. The first-order valence-electron chi connectivity index (χ1n) is 7.59. The Morgan fingerprint density at radius 2 is 1.68 bits per heavy atom. The molecule has 1 aliphatic rings. The van der Waals surface area contributed by atoms with Crippen molar-refractivity contribution in [2.24, 2.45) is 0 Å². The predicted octanol–water partition coefficient (Wildman–Crippen LogP) is 3.88. The summed E-state index contributed by atoms with van der Waals surface area (Å²) in [6.07, 6.45) is 3.11. The maximum Gasteiger partial charge on any atom is 0.199 e. The van der Waals surface area contributed by atoms with Gasteiger partial charge in [-0.05, 0) is 54.8 Å². The Balaban J connectivity index is 1.51. The molecule has 1 saturated heterocycles. The van der Waals surface area contributed by atoms with Gasteiger partial charge in [0, 0.05) is 6.42 Å². The molecule has 1 heterocycles. The summed E-state index contributed by atoms with van der Waals surface area (Å²) in [5, 5.41) is 9.23. The molecule has 116 valence electrons. The molecule has 0 aliphatic carbocycles. The Morgan fingerprint density at radius 3 is 2.36 bits per heavy atom. The van der Waals surface area contributed by atoms with Crippen LogP contribution in [0.2, 0.25) is 0 Å². The number of hydrogen-bond acceptors (Lipinski definition) is 4. The van der Waals surface area contributed by atoms with Gasteiger partial charge in [-0.25, -0.2) is 0 Å². The maximum atomic E-state index is 9.23. The molecule has 4 nitrogen and oxygen atoms in total. The topological polar surface area (TPSA) is 47.9 Å². The highest BCUT2D eigenvalue weighted by Crippen LogP contribution is 2.21. The first kappa shape index (κ1) is 14.7. The fourth-order valence-electron chi connectivity index (χ4n) is 2.33. The van der Waals surface area contributed by atoms with E-state index >= 15 is 0 Å². The Hall–Kier alpha value is -2.20. The van der Waals surface area contributed by atoms with Gasteiger partial charge in [-0.15, -0.1) is 0 Å². The molecule has 1 N–H and O–H groups in total. The minimum atomic E-state index is -0.118. The van der Waals surface area contributed by atoms with Crippen LogP contribution in [0.5, 0.6) is 17.2 Å². The molecular formula is C18H20O4. The average Bonchev–Trinajstić information content (AvgIpc) is 2.57. The number of rotatable bonds is 5. The highest BCUT2D eigenvalue weighted by Gasteiger charge is 2.14. The van der Waals surface area contributed by atoms with Gasteiger partial charge in [-0.1, -0.05) is 12.1 Å². The molecule has 0 radical (unpaired) electrons. The van der Waals surface area contributed by atoms with Crippen LogP contribution < -0.4 is 9.47 Å². The van der Waals surface area contributed by atoms with Gasteiger partial charge < -0.3 is 19.3 Å². The molecule has 2 aromatic carbocycles. The van der Waals surface area contributed by atoms with Crippen molar-refractivity contribution in [2.75, 3.05) is 6.61 Å². The van der Waals surface area contributed by atoms with Crippen molar-refractivity contribution in [3.8, 4) is 17.2 Å². The molecule has 0 aromatic heterocycles. The standard InChI is InChI=1S/C18H20O4/c19-15-6-10-16(11-7-15)21-13-14-4-8-17(9-5-14)22-18-3-1-2-12-20-18/h4-11,18-19H,1-3,12-13H2. The Kier molecular flexibility index (Phi) is 4.81. The summed E-state index contributed by atoms with van der Waals surface area (Å²) in [6, 6.07) is 14.5. The van der Waals surface area contributed by atoms with Gasteiger partial charge in [-0.2, -0.15) is 0 Å². The lowest BCUT2D eigenvalue weighted by molar-refractivity contribution is -0.105. The third kappa shape index (κ3) is 4.15. The van der Waals surface area contributed by atoms with Gasteiger partial charge in [0.1, 0.15) is 23.9 Å². The molecule has 0 saturated carbocycles. The smallest absolute Gasteiger partial charge is 0.199 e. The summed E-state index contributed by atoms with van der Waals surface area (Å²) >= 11 is 0. The lowest BCUT2D eigenvalue weighted by atomic mass is 10.2. The van der Waals surface area contributed by atoms with E-state index in [1.165, 1.54) is 0 Å². The summed E-state index contributed by atoms with van der Waals surface area (Å²) in [7, 11) is 0. The monoisotopic (exact) mass is 300 g/mol. The Labute approximate surface area is 130 Å². The Morgan fingerprint density at radius 1 is 0.955 bits per heavy atom. The van der Waals surface area contributed by atoms with Crippen LogP contribution in [0.1, 0.15) is 24.8 Å². The predicted molar refractivity (Wildman–Crippen MR) is 83.1 cm³/mol. The van der Waals surface area contributed by atoms with E-state index in [0.29, 0.717) is 6.61 Å². The number of benzene rings is 2. The number of phenols is 1. The number of hydrogen-bond donors (Lipinski definition) is 1. The number of phenolic OH excluding ortho intramolecular Hbond substituents is 1. The largest absolute Gasteiger partial charge is 0.508 e. The molecule has 22 heavy (non-hydrogen) atoms. The molecular weight excluding hydrogens is 280 g/mol. The molecule has 1 fully saturated rings. The molecule has 2 aromatic rings. The second kappa shape index (κ2) is 7.18. The number of ether oxygens (including phenoxy) is 3. The van der Waals surface area contributed by atoms with Gasteiger partial charge in [0.05, 0.1) is 6.61 Å². The minimum Gasteiger partial charge on any atom is -0.508 e. The zero-order valence-electron chi connectivity index (χ0n) is 12.4. The van der Waals surface area contributed by atoms with E-state index in [1.54, 1.807) is 24.3 Å². The van der Waals surface area contributed by atoms with Crippen molar-refractivity contribution < 1.29 is 19.3 Å². The average molecular weight is 300 g/mol. The van der Waals surface area contributed by atoms with E-state index in [1.807, 2.05) is 24.3 Å². The van der Waals surface area contributed by atoms with Gasteiger partial charge in [-0.3, -0.25) is 0 Å². The van der Waals surface area contributed by atoms with Crippen LogP contribution in [-0.4, -0.2) is 18.0 Å². The summed E-state index contributed by atoms with van der Waals surface area (Å²) in [4.78, 5) is 0. The Bertz CT molecular complexity index is 571. The second-order valence-corrected chi connectivity index (χ2v) is 5.34. The van der Waals surface area contributed by atoms with E-state index in [4.69, 9.17) is 14.2 Å². The molecule has 0 amide bonds. The summed E-state index contributed by atoms with van der Waals surface area (Å²) in [6.45, 7) is 1.26. The molecule has 0 bridgehead atoms. The molecule has 4 heteroatoms. The zero-order valence-corrected chi connectivity index (χ0v) is 12.4. The molecule has 0 spiro atoms. The first-order chi connectivity index (χ1) is 10.8. The van der Waals surface area contributed by atoms with Crippen LogP contribution in [0.25, 0.3) is 0 Å². The quantitative estimate of drug-likeness (QED) is 0.910. The van der Waals surface area contributed by atoms with Gasteiger partial charge in [0.15, 0.2) is 6.29 Å². The van der Waals surface area contributed by atoms with Crippen molar-refractivity contribution in [3.63, 3.8) is 0 Å². The van der Waals surface area contributed by atoms with Crippen molar-refractivity contribution in [1.29, 1.82) is 0 Å². The number of aromatic hydroxyl groups is 1. The van der Waals surface area contributed by atoms with Gasteiger partial charge in [0.25, 0.3) is 0 Å². The van der Waals surface area contributed by atoms with Crippen molar-refractivity contribution >= 4 is 0 Å². The van der Waals surface area contributed by atoms with Crippen molar-refractivity contribution in [3.05, 3.63) is 54.1 Å². The van der Waals surface area contributed by atoms with Crippen LogP contribution in [0.3, 0.4) is 0 Å². The highest BCUT2D eigenvalue weighted by atomic mass is 16.7. The van der Waals surface area contributed by atoms with E-state index in [2.05, 4.69) is 0 Å². The van der Waals surface area contributed by atoms with E-state index in [0.717, 1.165) is 42.9 Å². The van der Waals surface area contributed by atoms with Crippen molar-refractivity contribution in [1.82, 2.24) is 0 Å². The third-order valence-electron chi connectivity index (χ3n) is 3.57. The normalized spacial score (nSPS) is 17.9. The van der Waals surface area contributed by atoms with Crippen LogP contribution in [0.4, 0.5) is 0 Å². The van der Waals surface area contributed by atoms with Crippen LogP contribution >= 0.6 is 0 Å². The molecule has 3 rings (SSSR count). The van der Waals surface area contributed by atoms with Crippen LogP contribution in [0.15, 0.2) is 48.5 Å². The lowest BCUT2D eigenvalue weighted by Crippen LogP contribution is -2.24. The maximum absolute atomic E-state index is 9.23. The summed E-state index contributed by atoms with van der Waals surface area (Å²) in [5.74, 6) is 1.78. The van der Waals surface area contributed by atoms with E-state index < -0.39 is 0 Å². The third-order valence-corrected chi connectivity index (χ3v) is 3.57. The van der Waals surface area contributed by atoms with E-state index in [-0.39, 0.29) is 12.0 Å². The lowest BCUT2D eigenvalue weighted by Gasteiger charge is -2.23. The van der Waals surface area contributed by atoms with Gasteiger partial charge >= 0.3 is 0 Å². The summed E-state index contributed by atoms with van der Waals surface area (Å²) < 4.78 is 17.0. The van der Waals surface area contributed by atoms with Crippen LogP contribution in [0, 0.1) is 0 Å². The molecule has 1 aliphatic heterocycles. The zero-order chi connectivity index (χ0) is 15.2. The minimum absolute atomic E-state index is 0.118. The van der Waals surface area contributed by atoms with Gasteiger partial charge in [0.2, 0.25) is 0 Å². The fourth-order valence-corrected chi connectivity index (χ4v) is 2.33. The molecule has 1 unspecified atom stereocenters. The SMILES string of the molecule is Oc1ccc(OCc2ccc(OC3CCCCO3)cc2)cc1. The fraction of sp³-hybridized carbons (Fsp3) is 0.333. The van der Waals surface area contributed by atoms with Crippen molar-refractivity contribution in [2.45, 2.75) is 32.2 Å². The van der Waals surface area contributed by atoms with E-state index in [9.17, 15) is 5.11 Å². The highest BCUT2D eigenvalue weighted by molar-refractivity contribution is 5.31. The second-order valence-electron chi connectivity index (χ2n) is 5.34. The van der Waals surface area contributed by atoms with Crippen LogP contribution in [-0.2, 0) is 11.3 Å². The summed E-state index contributed by atoms with van der Waals surface area (Å²) in [5.41, 5.74) is 1.06. The first-order valence-corrected chi connectivity index (χ1v) is 7.59.